The van der Waals surface area contributed by atoms with E-state index < -0.39 is 25.0 Å². The molecule has 2 unspecified atom stereocenters. The molecule has 0 spiro atoms. The second-order valence-corrected chi connectivity index (χ2v) is 51.0. The van der Waals surface area contributed by atoms with Gasteiger partial charge in [-0.15, -0.1) is 0 Å². The Balaban J connectivity index is 0.000000326. The van der Waals surface area contributed by atoms with Crippen molar-refractivity contribution >= 4 is 119 Å². The molecule has 2 atom stereocenters. The molecule has 2 aromatic heterocycles. The van der Waals surface area contributed by atoms with E-state index in [2.05, 4.69) is 358 Å². The van der Waals surface area contributed by atoms with Crippen LogP contribution in [0.25, 0.3) is 32.7 Å². The lowest BCUT2D eigenvalue weighted by molar-refractivity contribution is 0.221. The first-order valence-electron chi connectivity index (χ1n) is 42.0. The first-order chi connectivity index (χ1) is 52.9. The lowest BCUT2D eigenvalue weighted by atomic mass is 9.72. The minimum atomic E-state index is -1.56. The SMILES string of the molecule is C/C=C(\CCC)c1cccc2ccccc12.C/C=C(\CCO)C1=CCC(C(C)(C)C)CC1.C/C=C(\CCO)c1cccnc1.C/C=C1\CCO[Si]1(C(C)C)C(C)C.C/C=C1\CCO[Si]1(C(C)C)C(C)C.C/C=C1\CCO[Si]1(C(C)C)C(C)C.CC(C)C1CC=C(Br)CC1.Ic1cccc2ccccc12.Ic1cccnc1. The fraction of sp³-hybridized carbons (Fsp3) is 0.531. The number of hydrogen-bond donors (Lipinski definition) is 2. The van der Waals surface area contributed by atoms with Crippen molar-refractivity contribution in [2.45, 2.75) is 283 Å². The molecule has 6 aromatic rings. The molecule has 7 nitrogen and oxygen atoms in total. The van der Waals surface area contributed by atoms with E-state index in [9.17, 15) is 0 Å². The van der Waals surface area contributed by atoms with Crippen LogP contribution in [0, 0.1) is 30.3 Å². The highest BCUT2D eigenvalue weighted by molar-refractivity contribution is 14.1. The standard InChI is InChI=1S/C16H18.C15H26O.3C11H22OSi.C10H7I.C10H13NO.C9H15Br.C5H4IN/c1-3-8-13(4-2)15-12-7-10-14-9-5-6-11-16(14)15;1-5-12(10-11-16)13-6-8-14(9-7-13)15(2,3)4;3*1-6-11-7-8-12-13(11,9(2)3)10(4)5;11-10-7-3-5-8-4-1-2-6-9(8)10;1-2-9(5-7-12)10-4-3-6-11-8-10;1-7(2)8-3-5-9(10)6-4-8;6-5-2-1-3-7-4-5/h4-7,9-12H,3,8H2,1-2H3;5-6,14,16H,7-11H2,1-4H3;3*6,9-10H,7-8H2,1-5H3;1-7H;2-4,6,8,12H,5,7H2,1H3;5,7-8H,3-4,6H2,1-2H3;1-4H/b13-4+;12-5+;3*11-6+;;9-2+;;. The first-order valence-corrected chi connectivity index (χ1v) is 51.2. The van der Waals surface area contributed by atoms with Crippen LogP contribution in [0.3, 0.4) is 0 Å². The fourth-order valence-corrected chi connectivity index (χ4v) is 33.6. The molecule has 11 rings (SSSR count). The van der Waals surface area contributed by atoms with E-state index in [0.717, 1.165) is 61.6 Å². The minimum absolute atomic E-state index is 0.189. The average Bonchev–Trinajstić information content (AvgIpc) is 1.66. The molecule has 3 saturated heterocycles. The van der Waals surface area contributed by atoms with Crippen LogP contribution in [0.15, 0.2) is 214 Å². The van der Waals surface area contributed by atoms with Crippen LogP contribution in [0.1, 0.15) is 261 Å². The molecule has 0 amide bonds. The summed E-state index contributed by atoms with van der Waals surface area (Å²) in [4.78, 5) is 7.89. The van der Waals surface area contributed by atoms with Gasteiger partial charge in [-0.3, -0.25) is 9.97 Å². The van der Waals surface area contributed by atoms with Crippen LogP contribution in [-0.4, -0.2) is 78.2 Å². The van der Waals surface area contributed by atoms with Crippen LogP contribution in [-0.2, 0) is 13.3 Å². The summed E-state index contributed by atoms with van der Waals surface area (Å²) < 4.78 is 22.3. The Hall–Kier alpha value is -3.99. The number of aromatic nitrogens is 2. The molecular weight excluding hydrogens is 1700 g/mol. The number of pyridine rings is 2. The summed E-state index contributed by atoms with van der Waals surface area (Å²) in [6, 6.07) is 37.8. The van der Waals surface area contributed by atoms with Crippen molar-refractivity contribution in [2.75, 3.05) is 33.0 Å². The highest BCUT2D eigenvalue weighted by atomic mass is 127. The van der Waals surface area contributed by atoms with E-state index in [1.807, 2.05) is 49.7 Å². The number of nitrogens with zero attached hydrogens (tertiary/aromatic N) is 2. The third kappa shape index (κ3) is 31.1. The molecule has 3 aliphatic heterocycles. The smallest absolute Gasteiger partial charge is 0.225 e. The van der Waals surface area contributed by atoms with Crippen molar-refractivity contribution in [3.8, 4) is 0 Å². The maximum absolute atomic E-state index is 9.01. The van der Waals surface area contributed by atoms with Crippen molar-refractivity contribution in [1.82, 2.24) is 9.97 Å². The van der Waals surface area contributed by atoms with E-state index in [-0.39, 0.29) is 13.2 Å². The van der Waals surface area contributed by atoms with Gasteiger partial charge in [0.25, 0.3) is 0 Å². The van der Waals surface area contributed by atoms with E-state index in [0.29, 0.717) is 45.1 Å². The van der Waals surface area contributed by atoms with Crippen molar-refractivity contribution in [3.63, 3.8) is 0 Å². The van der Waals surface area contributed by atoms with Crippen molar-refractivity contribution in [2.24, 2.45) is 23.2 Å². The normalized spacial score (nSPS) is 19.1. The lowest BCUT2D eigenvalue weighted by Crippen LogP contribution is -2.42. The van der Waals surface area contributed by atoms with E-state index in [1.54, 1.807) is 28.0 Å². The summed E-state index contributed by atoms with van der Waals surface area (Å²) in [6.07, 6.45) is 40.1. The number of aliphatic hydroxyl groups excluding tert-OH is 2. The number of fused-ring (bicyclic) bond motifs is 2. The Bertz CT molecular complexity index is 3740. The van der Waals surface area contributed by atoms with E-state index in [1.165, 1.54) is 120 Å². The Morgan fingerprint density at radius 2 is 0.937 bits per heavy atom. The van der Waals surface area contributed by atoms with Crippen LogP contribution >= 0.6 is 61.1 Å². The zero-order chi connectivity index (χ0) is 82.9. The van der Waals surface area contributed by atoms with Crippen molar-refractivity contribution in [1.29, 1.82) is 0 Å². The molecule has 3 fully saturated rings. The van der Waals surface area contributed by atoms with Gasteiger partial charge in [0.2, 0.25) is 25.0 Å². The largest absolute Gasteiger partial charge is 0.412 e. The molecule has 0 saturated carbocycles. The number of halogens is 3. The molecule has 13 heteroatoms. The second kappa shape index (κ2) is 53.4. The quantitative estimate of drug-likeness (QED) is 0.0736. The predicted octanol–water partition coefficient (Wildman–Crippen LogP) is 30.8. The Morgan fingerprint density at radius 1 is 0.495 bits per heavy atom. The van der Waals surface area contributed by atoms with Gasteiger partial charge in [0, 0.05) is 65.0 Å². The Morgan fingerprint density at radius 3 is 1.28 bits per heavy atom. The van der Waals surface area contributed by atoms with Crippen LogP contribution in [0.4, 0.5) is 0 Å². The van der Waals surface area contributed by atoms with Gasteiger partial charge >= 0.3 is 0 Å². The third-order valence-corrected chi connectivity index (χ3v) is 42.3. The topological polar surface area (TPSA) is 93.9 Å². The molecular formula is C98H149BrI2N2O5Si3. The molecule has 0 radical (unpaired) electrons. The number of hydrogen-bond acceptors (Lipinski definition) is 7. The molecule has 614 valence electrons. The van der Waals surface area contributed by atoms with Crippen LogP contribution in [0.5, 0.6) is 0 Å². The van der Waals surface area contributed by atoms with Gasteiger partial charge in [-0.25, -0.2) is 0 Å². The summed E-state index contributed by atoms with van der Waals surface area (Å²) in [7, 11) is -4.67. The Kier molecular flexibility index (Phi) is 48.7. The second-order valence-electron chi connectivity index (χ2n) is 33.1. The van der Waals surface area contributed by atoms with Gasteiger partial charge in [0.15, 0.2) is 0 Å². The molecule has 2 aliphatic carbocycles. The van der Waals surface area contributed by atoms with Crippen molar-refractivity contribution in [3.05, 3.63) is 232 Å². The van der Waals surface area contributed by atoms with E-state index in [4.69, 9.17) is 23.5 Å². The highest BCUT2D eigenvalue weighted by Crippen LogP contribution is 2.47. The van der Waals surface area contributed by atoms with Gasteiger partial charge in [-0.1, -0.05) is 296 Å². The van der Waals surface area contributed by atoms with Crippen LogP contribution < -0.4 is 0 Å². The van der Waals surface area contributed by atoms with Crippen LogP contribution in [0.2, 0.25) is 33.2 Å². The predicted molar refractivity (Wildman–Crippen MR) is 516 cm³/mol. The number of benzene rings is 4. The highest BCUT2D eigenvalue weighted by Gasteiger charge is 2.50. The Labute approximate surface area is 717 Å². The number of rotatable bonds is 16. The molecule has 5 aliphatic rings. The van der Waals surface area contributed by atoms with Crippen molar-refractivity contribution < 1.29 is 23.5 Å². The third-order valence-electron chi connectivity index (χ3n) is 23.1. The fourth-order valence-electron chi connectivity index (χ4n) is 17.0. The van der Waals surface area contributed by atoms with E-state index >= 15 is 0 Å². The molecule has 0 bridgehead atoms. The van der Waals surface area contributed by atoms with Gasteiger partial charge < -0.3 is 23.5 Å². The first kappa shape index (κ1) is 101. The maximum atomic E-state index is 9.01. The zero-order valence-electron chi connectivity index (χ0n) is 73.4. The number of aliphatic hydroxyl groups is 2. The lowest BCUT2D eigenvalue weighted by Gasteiger charge is -2.35. The summed E-state index contributed by atoms with van der Waals surface area (Å²) in [6.45, 7) is 57.7. The van der Waals surface area contributed by atoms with Gasteiger partial charge in [0.05, 0.1) is 0 Å². The number of allylic oxidation sites excluding steroid dienone is 11. The van der Waals surface area contributed by atoms with Gasteiger partial charge in [-0.2, -0.15) is 0 Å². The average molecular weight is 1850 g/mol. The minimum Gasteiger partial charge on any atom is -0.412 e. The molecule has 111 heavy (non-hydrogen) atoms. The molecule has 5 heterocycles. The summed E-state index contributed by atoms with van der Waals surface area (Å²) in [5.41, 5.74) is 12.6. The summed E-state index contributed by atoms with van der Waals surface area (Å²) >= 11 is 8.10. The summed E-state index contributed by atoms with van der Waals surface area (Å²) in [5.74, 6) is 2.60. The zero-order valence-corrected chi connectivity index (χ0v) is 82.3. The van der Waals surface area contributed by atoms with Gasteiger partial charge in [-0.05, 0) is 304 Å². The molecule has 4 aromatic carbocycles. The molecule has 2 N–H and O–H groups in total. The maximum Gasteiger partial charge on any atom is 0.225 e. The van der Waals surface area contributed by atoms with Gasteiger partial charge in [0.1, 0.15) is 0 Å². The monoisotopic (exact) mass is 1850 g/mol. The summed E-state index contributed by atoms with van der Waals surface area (Å²) in [5, 5.41) is 28.0.